The summed E-state index contributed by atoms with van der Waals surface area (Å²) in [6.07, 6.45) is 4.58. The van der Waals surface area contributed by atoms with Gasteiger partial charge in [0.05, 0.1) is 23.9 Å². The first-order valence-electron chi connectivity index (χ1n) is 10.1. The van der Waals surface area contributed by atoms with E-state index in [0.717, 1.165) is 41.9 Å². The molecule has 1 N–H and O–H groups in total. The Balaban J connectivity index is 1.56. The number of hydrogen-bond donors (Lipinski definition) is 1. The number of aromatic nitrogens is 3. The largest absolute Gasteiger partial charge is 0.306 e. The van der Waals surface area contributed by atoms with E-state index in [-0.39, 0.29) is 0 Å². The molecule has 1 aliphatic heterocycles. The van der Waals surface area contributed by atoms with Gasteiger partial charge < -0.3 is 5.32 Å². The lowest BCUT2D eigenvalue weighted by Crippen LogP contribution is -2.40. The number of nitrogens with one attached hydrogen (secondary N) is 1. The van der Waals surface area contributed by atoms with Crippen LogP contribution in [-0.4, -0.2) is 20.8 Å². The Kier molecular flexibility index (Phi) is 4.84. The second-order valence-corrected chi connectivity index (χ2v) is 7.55. The maximum atomic E-state index is 9.34. The van der Waals surface area contributed by atoms with Gasteiger partial charge in [0.15, 0.2) is 0 Å². The lowest BCUT2D eigenvalue weighted by atomic mass is 9.97. The summed E-state index contributed by atoms with van der Waals surface area (Å²) < 4.78 is 2.13. The fourth-order valence-corrected chi connectivity index (χ4v) is 4.14. The van der Waals surface area contributed by atoms with Gasteiger partial charge in [-0.15, -0.1) is 0 Å². The molecule has 3 heterocycles. The molecule has 5 nitrogen and oxygen atoms in total. The molecule has 146 valence electrons. The summed E-state index contributed by atoms with van der Waals surface area (Å²) in [6.45, 7) is 1.56. The summed E-state index contributed by atoms with van der Waals surface area (Å²) in [5.74, 6) is 0. The molecule has 0 unspecified atom stereocenters. The first-order valence-corrected chi connectivity index (χ1v) is 10.1. The third kappa shape index (κ3) is 3.49. The standard InChI is InChI=1S/C25H21N5/c26-15-19-7-4-8-21(13-19)25-24(20-9-11-27-12-10-20)23-16-28-22(17-30(23)29-25)14-18-5-2-1-3-6-18/h1-13,22,28H,14,16-17H2/t22-/m0/s1. The molecule has 2 aromatic carbocycles. The van der Waals surface area contributed by atoms with Crippen molar-refractivity contribution in [1.82, 2.24) is 20.1 Å². The Hall–Kier alpha value is -3.75. The summed E-state index contributed by atoms with van der Waals surface area (Å²) in [7, 11) is 0. The predicted molar refractivity (Wildman–Crippen MR) is 116 cm³/mol. The zero-order chi connectivity index (χ0) is 20.3. The maximum Gasteiger partial charge on any atom is 0.101 e. The highest BCUT2D eigenvalue weighted by molar-refractivity contribution is 5.83. The first-order chi connectivity index (χ1) is 14.8. The van der Waals surface area contributed by atoms with Crippen LogP contribution in [0.3, 0.4) is 0 Å². The molecule has 0 fully saturated rings. The Labute approximate surface area is 175 Å². The SMILES string of the molecule is N#Cc1cccc(-c2nn3c(c2-c2ccncc2)CN[C@@H](Cc2ccccc2)C3)c1. The van der Waals surface area contributed by atoms with Crippen LogP contribution < -0.4 is 5.32 Å². The van der Waals surface area contributed by atoms with Gasteiger partial charge in [0.1, 0.15) is 5.69 Å². The second kappa shape index (κ2) is 7.94. The average molecular weight is 391 g/mol. The second-order valence-electron chi connectivity index (χ2n) is 7.55. The third-order valence-corrected chi connectivity index (χ3v) is 5.57. The highest BCUT2D eigenvalue weighted by Crippen LogP contribution is 2.36. The molecule has 5 rings (SSSR count). The van der Waals surface area contributed by atoms with Gasteiger partial charge in [-0.2, -0.15) is 10.4 Å². The average Bonchev–Trinajstić information content (AvgIpc) is 3.19. The van der Waals surface area contributed by atoms with Crippen molar-refractivity contribution in [1.29, 1.82) is 5.26 Å². The minimum absolute atomic E-state index is 0.323. The molecule has 0 radical (unpaired) electrons. The van der Waals surface area contributed by atoms with E-state index in [0.29, 0.717) is 11.6 Å². The number of rotatable bonds is 4. The molecule has 30 heavy (non-hydrogen) atoms. The van der Waals surface area contributed by atoms with E-state index in [2.05, 4.69) is 45.3 Å². The number of nitrogens with zero attached hydrogens (tertiary/aromatic N) is 4. The highest BCUT2D eigenvalue weighted by atomic mass is 15.3. The molecule has 0 aliphatic carbocycles. The monoisotopic (exact) mass is 391 g/mol. The summed E-state index contributed by atoms with van der Waals surface area (Å²) in [6, 6.07) is 24.8. The van der Waals surface area contributed by atoms with Crippen LogP contribution in [0.4, 0.5) is 0 Å². The maximum absolute atomic E-state index is 9.34. The van der Waals surface area contributed by atoms with Crippen molar-refractivity contribution < 1.29 is 0 Å². The summed E-state index contributed by atoms with van der Waals surface area (Å²) in [4.78, 5) is 4.17. The number of nitriles is 1. The molecule has 0 amide bonds. The van der Waals surface area contributed by atoms with Gasteiger partial charge in [-0.3, -0.25) is 9.67 Å². The van der Waals surface area contributed by atoms with Crippen molar-refractivity contribution in [3.8, 4) is 28.5 Å². The van der Waals surface area contributed by atoms with Gasteiger partial charge >= 0.3 is 0 Å². The molecule has 0 spiro atoms. The Morgan fingerprint density at radius 2 is 1.83 bits per heavy atom. The molecule has 1 atom stereocenters. The van der Waals surface area contributed by atoms with E-state index < -0.39 is 0 Å². The van der Waals surface area contributed by atoms with E-state index in [4.69, 9.17) is 5.10 Å². The lowest BCUT2D eigenvalue weighted by molar-refractivity contribution is 0.367. The van der Waals surface area contributed by atoms with Crippen LogP contribution in [0.15, 0.2) is 79.1 Å². The topological polar surface area (TPSA) is 66.5 Å². The Morgan fingerprint density at radius 3 is 2.63 bits per heavy atom. The Morgan fingerprint density at radius 1 is 1.00 bits per heavy atom. The van der Waals surface area contributed by atoms with Crippen LogP contribution in [0, 0.1) is 11.3 Å². The molecule has 0 saturated carbocycles. The van der Waals surface area contributed by atoms with Crippen molar-refractivity contribution in [2.75, 3.05) is 0 Å². The predicted octanol–water partition coefficient (Wildman–Crippen LogP) is 4.20. The van der Waals surface area contributed by atoms with E-state index >= 15 is 0 Å². The van der Waals surface area contributed by atoms with Crippen molar-refractivity contribution in [2.45, 2.75) is 25.6 Å². The van der Waals surface area contributed by atoms with Crippen LogP contribution >= 0.6 is 0 Å². The smallest absolute Gasteiger partial charge is 0.101 e. The van der Waals surface area contributed by atoms with Crippen molar-refractivity contribution in [3.05, 3.63) is 95.9 Å². The fourth-order valence-electron chi connectivity index (χ4n) is 4.14. The summed E-state index contributed by atoms with van der Waals surface area (Å²) >= 11 is 0. The van der Waals surface area contributed by atoms with Crippen LogP contribution in [0.2, 0.25) is 0 Å². The van der Waals surface area contributed by atoms with Crippen LogP contribution in [-0.2, 0) is 19.5 Å². The van der Waals surface area contributed by atoms with Gasteiger partial charge in [-0.05, 0) is 41.8 Å². The van der Waals surface area contributed by atoms with Gasteiger partial charge in [-0.1, -0.05) is 42.5 Å². The number of hydrogen-bond acceptors (Lipinski definition) is 4. The number of fused-ring (bicyclic) bond motifs is 1. The zero-order valence-corrected chi connectivity index (χ0v) is 16.5. The highest BCUT2D eigenvalue weighted by Gasteiger charge is 2.26. The minimum atomic E-state index is 0.323. The molecule has 4 aromatic rings. The Bertz CT molecular complexity index is 1210. The van der Waals surface area contributed by atoms with Crippen molar-refractivity contribution >= 4 is 0 Å². The molecular weight excluding hydrogens is 370 g/mol. The number of benzene rings is 2. The van der Waals surface area contributed by atoms with Gasteiger partial charge in [0.2, 0.25) is 0 Å². The fraction of sp³-hybridized carbons (Fsp3) is 0.160. The van der Waals surface area contributed by atoms with E-state index in [9.17, 15) is 5.26 Å². The van der Waals surface area contributed by atoms with Gasteiger partial charge in [0, 0.05) is 36.1 Å². The van der Waals surface area contributed by atoms with Crippen LogP contribution in [0.5, 0.6) is 0 Å². The van der Waals surface area contributed by atoms with Crippen LogP contribution in [0.25, 0.3) is 22.4 Å². The van der Waals surface area contributed by atoms with Gasteiger partial charge in [0.25, 0.3) is 0 Å². The minimum Gasteiger partial charge on any atom is -0.306 e. The third-order valence-electron chi connectivity index (χ3n) is 5.57. The van der Waals surface area contributed by atoms with E-state index in [1.807, 2.05) is 54.9 Å². The molecular formula is C25H21N5. The normalized spacial score (nSPS) is 15.4. The first kappa shape index (κ1) is 18.3. The lowest BCUT2D eigenvalue weighted by Gasteiger charge is -2.26. The van der Waals surface area contributed by atoms with Gasteiger partial charge in [-0.25, -0.2) is 0 Å². The van der Waals surface area contributed by atoms with E-state index in [1.165, 1.54) is 11.3 Å². The molecule has 5 heteroatoms. The summed E-state index contributed by atoms with van der Waals surface area (Å²) in [5, 5.41) is 18.0. The quantitative estimate of drug-likeness (QED) is 0.566. The van der Waals surface area contributed by atoms with Crippen molar-refractivity contribution in [3.63, 3.8) is 0 Å². The molecule has 1 aliphatic rings. The van der Waals surface area contributed by atoms with E-state index in [1.54, 1.807) is 0 Å². The van der Waals surface area contributed by atoms with Crippen molar-refractivity contribution in [2.24, 2.45) is 0 Å². The molecule has 2 aromatic heterocycles. The number of pyridine rings is 1. The van der Waals surface area contributed by atoms with Crippen LogP contribution in [0.1, 0.15) is 16.8 Å². The summed E-state index contributed by atoms with van der Waals surface area (Å²) in [5.41, 5.74) is 7.20. The molecule has 0 saturated heterocycles. The zero-order valence-electron chi connectivity index (χ0n) is 16.5. The molecule has 0 bridgehead atoms.